The SMILES string of the molecule is C=C(Cl)CNC(=O)c1cc(C)c(CC)s1. The summed E-state index contributed by atoms with van der Waals surface area (Å²) in [4.78, 5) is 13.6. The van der Waals surface area contributed by atoms with Crippen LogP contribution in [0.15, 0.2) is 17.7 Å². The summed E-state index contributed by atoms with van der Waals surface area (Å²) in [7, 11) is 0. The van der Waals surface area contributed by atoms with Gasteiger partial charge in [0, 0.05) is 9.91 Å². The predicted octanol–water partition coefficient (Wildman–Crippen LogP) is 3.10. The fourth-order valence-corrected chi connectivity index (χ4v) is 2.34. The van der Waals surface area contributed by atoms with Crippen LogP contribution in [-0.2, 0) is 6.42 Å². The molecule has 1 heterocycles. The Balaban J connectivity index is 2.69. The Labute approximate surface area is 99.0 Å². The summed E-state index contributed by atoms with van der Waals surface area (Å²) in [5.41, 5.74) is 1.18. The fourth-order valence-electron chi connectivity index (χ4n) is 1.25. The summed E-state index contributed by atoms with van der Waals surface area (Å²) in [6.45, 7) is 7.94. The number of rotatable bonds is 4. The van der Waals surface area contributed by atoms with Gasteiger partial charge in [0.2, 0.25) is 0 Å². The van der Waals surface area contributed by atoms with Gasteiger partial charge in [0.05, 0.1) is 11.4 Å². The third kappa shape index (κ3) is 3.36. The molecule has 0 spiro atoms. The summed E-state index contributed by atoms with van der Waals surface area (Å²) in [5.74, 6) is -0.0791. The van der Waals surface area contributed by atoms with Gasteiger partial charge in [0.25, 0.3) is 5.91 Å². The van der Waals surface area contributed by atoms with E-state index in [-0.39, 0.29) is 5.91 Å². The molecule has 15 heavy (non-hydrogen) atoms. The van der Waals surface area contributed by atoms with Crippen LogP contribution in [0.25, 0.3) is 0 Å². The lowest BCUT2D eigenvalue weighted by Crippen LogP contribution is -2.23. The number of carbonyl (C=O) groups is 1. The fraction of sp³-hybridized carbons (Fsp3) is 0.364. The highest BCUT2D eigenvalue weighted by molar-refractivity contribution is 7.14. The first-order valence-corrected chi connectivity index (χ1v) is 5.94. The van der Waals surface area contributed by atoms with Crippen molar-refractivity contribution in [2.45, 2.75) is 20.3 Å². The Morgan fingerprint density at radius 1 is 1.67 bits per heavy atom. The molecule has 0 aliphatic carbocycles. The number of amides is 1. The molecule has 0 saturated heterocycles. The summed E-state index contributed by atoms with van der Waals surface area (Å²) < 4.78 is 0. The van der Waals surface area contributed by atoms with E-state index >= 15 is 0 Å². The second kappa shape index (κ2) is 5.33. The zero-order valence-corrected chi connectivity index (χ0v) is 10.5. The Hall–Kier alpha value is -0.800. The highest BCUT2D eigenvalue weighted by Crippen LogP contribution is 2.22. The second-order valence-corrected chi connectivity index (χ2v) is 4.94. The van der Waals surface area contributed by atoms with Crippen LogP contribution >= 0.6 is 22.9 Å². The molecular formula is C11H14ClNOS. The van der Waals surface area contributed by atoms with Crippen molar-refractivity contribution >= 4 is 28.8 Å². The van der Waals surface area contributed by atoms with E-state index in [9.17, 15) is 4.79 Å². The van der Waals surface area contributed by atoms with Crippen molar-refractivity contribution in [3.8, 4) is 0 Å². The van der Waals surface area contributed by atoms with Crippen LogP contribution in [0.5, 0.6) is 0 Å². The molecule has 0 aromatic carbocycles. The number of hydrogen-bond donors (Lipinski definition) is 1. The highest BCUT2D eigenvalue weighted by Gasteiger charge is 2.10. The molecule has 1 amide bonds. The Kier molecular flexibility index (Phi) is 4.36. The van der Waals surface area contributed by atoms with Crippen LogP contribution in [0.4, 0.5) is 0 Å². The van der Waals surface area contributed by atoms with Crippen LogP contribution in [0.3, 0.4) is 0 Å². The molecule has 1 aromatic heterocycles. The van der Waals surface area contributed by atoms with E-state index < -0.39 is 0 Å². The van der Waals surface area contributed by atoms with Crippen molar-refractivity contribution in [3.63, 3.8) is 0 Å². The average Bonchev–Trinajstić information content (AvgIpc) is 2.56. The van der Waals surface area contributed by atoms with E-state index in [1.807, 2.05) is 13.0 Å². The molecule has 0 unspecified atom stereocenters. The van der Waals surface area contributed by atoms with Crippen molar-refractivity contribution in [2.75, 3.05) is 6.54 Å². The summed E-state index contributed by atoms with van der Waals surface area (Å²) in [5, 5.41) is 3.14. The summed E-state index contributed by atoms with van der Waals surface area (Å²) >= 11 is 7.10. The largest absolute Gasteiger partial charge is 0.346 e. The first-order valence-electron chi connectivity index (χ1n) is 4.75. The maximum Gasteiger partial charge on any atom is 0.261 e. The van der Waals surface area contributed by atoms with Gasteiger partial charge in [-0.25, -0.2) is 0 Å². The third-order valence-electron chi connectivity index (χ3n) is 2.01. The van der Waals surface area contributed by atoms with Crippen LogP contribution < -0.4 is 5.32 Å². The number of aryl methyl sites for hydroxylation is 2. The first-order chi connectivity index (χ1) is 7.04. The summed E-state index contributed by atoms with van der Waals surface area (Å²) in [6.07, 6.45) is 0.964. The predicted molar refractivity (Wildman–Crippen MR) is 65.8 cm³/mol. The minimum absolute atomic E-state index is 0.0791. The van der Waals surface area contributed by atoms with E-state index in [1.165, 1.54) is 21.8 Å². The third-order valence-corrected chi connectivity index (χ3v) is 3.52. The molecule has 0 saturated carbocycles. The molecule has 0 fully saturated rings. The second-order valence-electron chi connectivity index (χ2n) is 3.27. The molecule has 1 aromatic rings. The van der Waals surface area contributed by atoms with Crippen molar-refractivity contribution in [1.82, 2.24) is 5.32 Å². The lowest BCUT2D eigenvalue weighted by molar-refractivity contribution is 0.0961. The molecule has 1 rings (SSSR count). The maximum absolute atomic E-state index is 11.6. The van der Waals surface area contributed by atoms with Crippen molar-refractivity contribution in [1.29, 1.82) is 0 Å². The minimum atomic E-state index is -0.0791. The Morgan fingerprint density at radius 3 is 2.80 bits per heavy atom. The van der Waals surface area contributed by atoms with E-state index in [0.29, 0.717) is 11.6 Å². The normalized spacial score (nSPS) is 10.1. The van der Waals surface area contributed by atoms with Gasteiger partial charge in [-0.1, -0.05) is 25.1 Å². The lowest BCUT2D eigenvalue weighted by Gasteiger charge is -2.00. The van der Waals surface area contributed by atoms with Crippen molar-refractivity contribution in [3.05, 3.63) is 33.0 Å². The molecule has 0 aliphatic rings. The van der Waals surface area contributed by atoms with Gasteiger partial charge in [-0.2, -0.15) is 0 Å². The quantitative estimate of drug-likeness (QED) is 0.865. The molecule has 0 bridgehead atoms. The molecule has 0 atom stereocenters. The molecule has 4 heteroatoms. The molecule has 82 valence electrons. The van der Waals surface area contributed by atoms with E-state index in [2.05, 4.69) is 18.8 Å². The monoisotopic (exact) mass is 243 g/mol. The Bertz CT molecular complexity index is 384. The van der Waals surface area contributed by atoms with Gasteiger partial charge in [-0.05, 0) is 25.0 Å². The molecule has 0 radical (unpaired) electrons. The van der Waals surface area contributed by atoms with Gasteiger partial charge in [-0.3, -0.25) is 4.79 Å². The zero-order valence-electron chi connectivity index (χ0n) is 8.89. The molecule has 1 N–H and O–H groups in total. The van der Waals surface area contributed by atoms with Crippen LogP contribution in [-0.4, -0.2) is 12.5 Å². The highest BCUT2D eigenvalue weighted by atomic mass is 35.5. The van der Waals surface area contributed by atoms with Crippen LogP contribution in [0, 0.1) is 6.92 Å². The van der Waals surface area contributed by atoms with Crippen molar-refractivity contribution in [2.24, 2.45) is 0 Å². The van der Waals surface area contributed by atoms with Gasteiger partial charge in [0.1, 0.15) is 0 Å². The minimum Gasteiger partial charge on any atom is -0.346 e. The number of hydrogen-bond acceptors (Lipinski definition) is 2. The Morgan fingerprint density at radius 2 is 2.33 bits per heavy atom. The van der Waals surface area contributed by atoms with Crippen molar-refractivity contribution < 1.29 is 4.79 Å². The molecule has 0 aliphatic heterocycles. The topological polar surface area (TPSA) is 29.1 Å². The number of thiophene rings is 1. The van der Waals surface area contributed by atoms with E-state index in [0.717, 1.165) is 11.3 Å². The number of carbonyl (C=O) groups excluding carboxylic acids is 1. The van der Waals surface area contributed by atoms with Gasteiger partial charge < -0.3 is 5.32 Å². The first kappa shape index (κ1) is 12.3. The van der Waals surface area contributed by atoms with Crippen LogP contribution in [0.1, 0.15) is 27.0 Å². The standard InChI is InChI=1S/C11H14ClNOS/c1-4-9-7(2)5-10(15-9)11(14)13-6-8(3)12/h5H,3-4,6H2,1-2H3,(H,13,14). The van der Waals surface area contributed by atoms with Gasteiger partial charge in [-0.15, -0.1) is 11.3 Å². The molecule has 2 nitrogen and oxygen atoms in total. The number of halogens is 1. The molecular weight excluding hydrogens is 230 g/mol. The smallest absolute Gasteiger partial charge is 0.261 e. The van der Waals surface area contributed by atoms with Crippen LogP contribution in [0.2, 0.25) is 0 Å². The van der Waals surface area contributed by atoms with Gasteiger partial charge in [0.15, 0.2) is 0 Å². The average molecular weight is 244 g/mol. The number of nitrogens with one attached hydrogen (secondary N) is 1. The zero-order chi connectivity index (χ0) is 11.4. The van der Waals surface area contributed by atoms with E-state index in [1.54, 1.807) is 0 Å². The maximum atomic E-state index is 11.6. The van der Waals surface area contributed by atoms with Gasteiger partial charge >= 0.3 is 0 Å². The summed E-state index contributed by atoms with van der Waals surface area (Å²) in [6, 6.07) is 1.91. The lowest BCUT2D eigenvalue weighted by atomic mass is 10.2. The van der Waals surface area contributed by atoms with E-state index in [4.69, 9.17) is 11.6 Å².